The number of nitrogens with zero attached hydrogens (tertiary/aromatic N) is 1. The lowest BCUT2D eigenvalue weighted by molar-refractivity contribution is -0.136. The molecule has 0 aliphatic heterocycles. The molecule has 1 aromatic rings. The summed E-state index contributed by atoms with van der Waals surface area (Å²) in [5.41, 5.74) is -4.40. The van der Waals surface area contributed by atoms with Crippen molar-refractivity contribution in [2.24, 2.45) is 0 Å². The SMILES string of the molecule is N#Cc1ccc(SC(F)(F)F)c(Br)c1CC(=O)O. The maximum atomic E-state index is 12.3. The van der Waals surface area contributed by atoms with E-state index in [9.17, 15) is 18.0 Å². The number of benzene rings is 1. The van der Waals surface area contributed by atoms with Gasteiger partial charge in [0.25, 0.3) is 0 Å². The highest BCUT2D eigenvalue weighted by Crippen LogP contribution is 2.42. The number of hydrogen-bond donors (Lipinski definition) is 1. The molecular weight excluding hydrogens is 335 g/mol. The van der Waals surface area contributed by atoms with Crippen LogP contribution in [0.3, 0.4) is 0 Å². The predicted octanol–water partition coefficient (Wildman–Crippen LogP) is 3.56. The van der Waals surface area contributed by atoms with Crippen LogP contribution in [0.15, 0.2) is 21.5 Å². The fourth-order valence-electron chi connectivity index (χ4n) is 1.23. The van der Waals surface area contributed by atoms with Crippen LogP contribution in [0.2, 0.25) is 0 Å². The van der Waals surface area contributed by atoms with Gasteiger partial charge in [0.15, 0.2) is 0 Å². The molecule has 8 heteroatoms. The summed E-state index contributed by atoms with van der Waals surface area (Å²) in [5.74, 6) is -1.22. The van der Waals surface area contributed by atoms with Gasteiger partial charge in [-0.2, -0.15) is 18.4 Å². The van der Waals surface area contributed by atoms with Crippen molar-refractivity contribution in [3.63, 3.8) is 0 Å². The van der Waals surface area contributed by atoms with Crippen LogP contribution in [0.25, 0.3) is 0 Å². The van der Waals surface area contributed by atoms with Crippen LogP contribution in [-0.2, 0) is 11.2 Å². The summed E-state index contributed by atoms with van der Waals surface area (Å²) in [6.07, 6.45) is -0.518. The average molecular weight is 340 g/mol. The fourth-order valence-corrected chi connectivity index (χ4v) is 2.56. The standard InChI is InChI=1S/C10H5BrF3NO2S/c11-9-6(3-8(16)17)5(4-15)1-2-7(9)18-10(12,13)14/h1-2H,3H2,(H,16,17). The highest BCUT2D eigenvalue weighted by Gasteiger charge is 2.31. The van der Waals surface area contributed by atoms with Crippen LogP contribution in [0.4, 0.5) is 13.2 Å². The minimum absolute atomic E-state index is 0.00808. The van der Waals surface area contributed by atoms with E-state index < -0.39 is 17.9 Å². The average Bonchev–Trinajstić information content (AvgIpc) is 2.22. The summed E-state index contributed by atoms with van der Waals surface area (Å²) < 4.78 is 36.8. The molecule has 1 aromatic carbocycles. The number of hydrogen-bond acceptors (Lipinski definition) is 3. The molecule has 0 bridgehead atoms. The van der Waals surface area contributed by atoms with Gasteiger partial charge in [0.1, 0.15) is 0 Å². The second-order valence-electron chi connectivity index (χ2n) is 3.13. The summed E-state index contributed by atoms with van der Waals surface area (Å²) in [4.78, 5) is 10.5. The highest BCUT2D eigenvalue weighted by molar-refractivity contribution is 9.10. The van der Waals surface area contributed by atoms with Gasteiger partial charge in [0.05, 0.1) is 18.1 Å². The molecule has 0 aliphatic carbocycles. The van der Waals surface area contributed by atoms with Gasteiger partial charge in [-0.05, 0) is 45.4 Å². The molecule has 0 aliphatic rings. The van der Waals surface area contributed by atoms with Crippen molar-refractivity contribution in [1.29, 1.82) is 5.26 Å². The minimum Gasteiger partial charge on any atom is -0.481 e. The van der Waals surface area contributed by atoms with Crippen molar-refractivity contribution < 1.29 is 23.1 Å². The van der Waals surface area contributed by atoms with Crippen LogP contribution >= 0.6 is 27.7 Å². The third-order valence-electron chi connectivity index (χ3n) is 1.88. The molecule has 0 amide bonds. The van der Waals surface area contributed by atoms with E-state index >= 15 is 0 Å². The minimum atomic E-state index is -4.48. The summed E-state index contributed by atoms with van der Waals surface area (Å²) in [6, 6.07) is 4.06. The number of rotatable bonds is 3. The van der Waals surface area contributed by atoms with Crippen LogP contribution in [0.1, 0.15) is 11.1 Å². The van der Waals surface area contributed by atoms with E-state index in [-0.39, 0.29) is 32.3 Å². The fraction of sp³-hybridized carbons (Fsp3) is 0.200. The Labute approximate surface area is 113 Å². The van der Waals surface area contributed by atoms with Crippen molar-refractivity contribution in [3.05, 3.63) is 27.7 Å². The zero-order valence-corrected chi connectivity index (χ0v) is 11.0. The Morgan fingerprint density at radius 3 is 2.56 bits per heavy atom. The van der Waals surface area contributed by atoms with E-state index in [1.165, 1.54) is 6.07 Å². The van der Waals surface area contributed by atoms with Crippen LogP contribution in [-0.4, -0.2) is 16.6 Å². The number of aliphatic carboxylic acids is 1. The highest BCUT2D eigenvalue weighted by atomic mass is 79.9. The maximum absolute atomic E-state index is 12.3. The Bertz CT molecular complexity index is 525. The first-order chi connectivity index (χ1) is 8.24. The zero-order chi connectivity index (χ0) is 13.9. The molecule has 0 aromatic heterocycles. The zero-order valence-electron chi connectivity index (χ0n) is 8.58. The van der Waals surface area contributed by atoms with E-state index in [0.29, 0.717) is 0 Å². The van der Waals surface area contributed by atoms with Gasteiger partial charge in [-0.3, -0.25) is 4.79 Å². The number of carboxylic acids is 1. The molecule has 0 fully saturated rings. The van der Waals surface area contributed by atoms with Crippen molar-refractivity contribution >= 4 is 33.7 Å². The molecule has 96 valence electrons. The Morgan fingerprint density at radius 1 is 1.50 bits per heavy atom. The smallest absolute Gasteiger partial charge is 0.446 e. The van der Waals surface area contributed by atoms with Crippen molar-refractivity contribution in [3.8, 4) is 6.07 Å². The van der Waals surface area contributed by atoms with Gasteiger partial charge in [-0.1, -0.05) is 0 Å². The van der Waals surface area contributed by atoms with Gasteiger partial charge >= 0.3 is 11.5 Å². The van der Waals surface area contributed by atoms with E-state index in [0.717, 1.165) is 6.07 Å². The van der Waals surface area contributed by atoms with Gasteiger partial charge in [0, 0.05) is 9.37 Å². The number of thioether (sulfide) groups is 1. The largest absolute Gasteiger partial charge is 0.481 e. The second-order valence-corrected chi connectivity index (χ2v) is 5.03. The summed E-state index contributed by atoms with van der Waals surface area (Å²) >= 11 is 2.56. The lowest BCUT2D eigenvalue weighted by Gasteiger charge is -2.11. The Morgan fingerprint density at radius 2 is 2.11 bits per heavy atom. The quantitative estimate of drug-likeness (QED) is 0.855. The topological polar surface area (TPSA) is 61.1 Å². The molecule has 0 spiro atoms. The first-order valence-corrected chi connectivity index (χ1v) is 6.04. The predicted molar refractivity (Wildman–Crippen MR) is 62.1 cm³/mol. The van der Waals surface area contributed by atoms with Crippen molar-refractivity contribution in [2.45, 2.75) is 16.8 Å². The van der Waals surface area contributed by atoms with Crippen LogP contribution in [0, 0.1) is 11.3 Å². The van der Waals surface area contributed by atoms with E-state index in [4.69, 9.17) is 10.4 Å². The molecule has 0 unspecified atom stereocenters. The molecule has 1 rings (SSSR count). The normalized spacial score (nSPS) is 11.1. The molecule has 0 saturated heterocycles. The van der Waals surface area contributed by atoms with Crippen LogP contribution in [0.5, 0.6) is 0 Å². The van der Waals surface area contributed by atoms with Crippen LogP contribution < -0.4 is 0 Å². The third kappa shape index (κ3) is 3.92. The lowest BCUT2D eigenvalue weighted by atomic mass is 10.1. The summed E-state index contributed by atoms with van der Waals surface area (Å²) in [5, 5.41) is 17.5. The maximum Gasteiger partial charge on any atom is 0.446 e. The number of nitriles is 1. The number of carbonyl (C=O) groups is 1. The second kappa shape index (κ2) is 5.63. The van der Waals surface area contributed by atoms with Gasteiger partial charge in [-0.25, -0.2) is 0 Å². The molecule has 0 atom stereocenters. The van der Waals surface area contributed by atoms with Crippen molar-refractivity contribution in [2.75, 3.05) is 0 Å². The Hall–Kier alpha value is -1.20. The van der Waals surface area contributed by atoms with Gasteiger partial charge in [0.2, 0.25) is 0 Å². The van der Waals surface area contributed by atoms with Gasteiger partial charge < -0.3 is 5.11 Å². The van der Waals surface area contributed by atoms with E-state index in [1.807, 2.05) is 0 Å². The Kier molecular flexibility index (Phi) is 4.65. The third-order valence-corrected chi connectivity index (χ3v) is 3.84. The molecule has 1 N–H and O–H groups in total. The lowest BCUT2D eigenvalue weighted by Crippen LogP contribution is -2.05. The molecule has 0 saturated carbocycles. The summed E-state index contributed by atoms with van der Waals surface area (Å²) in [6.45, 7) is 0. The van der Waals surface area contributed by atoms with Crippen molar-refractivity contribution in [1.82, 2.24) is 0 Å². The van der Waals surface area contributed by atoms with Gasteiger partial charge in [-0.15, -0.1) is 0 Å². The van der Waals surface area contributed by atoms with E-state index in [1.54, 1.807) is 6.07 Å². The monoisotopic (exact) mass is 339 g/mol. The number of halogens is 4. The molecular formula is C10H5BrF3NO2S. The number of carboxylic acid groups (broad SMARTS) is 1. The molecule has 3 nitrogen and oxygen atoms in total. The molecule has 0 heterocycles. The van der Waals surface area contributed by atoms with E-state index in [2.05, 4.69) is 15.9 Å². The number of alkyl halides is 3. The summed E-state index contributed by atoms with van der Waals surface area (Å²) in [7, 11) is 0. The molecule has 0 radical (unpaired) electrons. The first kappa shape index (κ1) is 14.9. The Balaban J connectivity index is 3.26. The molecule has 18 heavy (non-hydrogen) atoms. The first-order valence-electron chi connectivity index (χ1n) is 4.43.